The van der Waals surface area contributed by atoms with E-state index in [0.717, 1.165) is 29.8 Å². The van der Waals surface area contributed by atoms with E-state index in [9.17, 15) is 4.79 Å². The molecule has 1 aliphatic rings. The molecule has 0 aliphatic heterocycles. The number of amides is 1. The summed E-state index contributed by atoms with van der Waals surface area (Å²) >= 11 is 6.06. The molecule has 1 saturated carbocycles. The molecule has 3 nitrogen and oxygen atoms in total. The van der Waals surface area contributed by atoms with E-state index in [1.807, 2.05) is 42.5 Å². The summed E-state index contributed by atoms with van der Waals surface area (Å²) in [5, 5.41) is 3.45. The van der Waals surface area contributed by atoms with Gasteiger partial charge in [0.05, 0.1) is 6.10 Å². The van der Waals surface area contributed by atoms with Crippen molar-refractivity contribution in [2.75, 3.05) is 5.32 Å². The van der Waals surface area contributed by atoms with Crippen LogP contribution in [-0.2, 0) is 4.79 Å². The Hall–Kier alpha value is -2.26. The van der Waals surface area contributed by atoms with Gasteiger partial charge in [0.2, 0.25) is 5.91 Å². The Bertz CT molecular complexity index is 719. The van der Waals surface area contributed by atoms with Crippen LogP contribution in [0.2, 0.25) is 5.02 Å². The van der Waals surface area contributed by atoms with Crippen LogP contribution in [-0.4, -0.2) is 12.0 Å². The van der Waals surface area contributed by atoms with Gasteiger partial charge >= 0.3 is 0 Å². The average molecular weight is 342 g/mol. The number of anilines is 1. The molecule has 0 saturated heterocycles. The van der Waals surface area contributed by atoms with Gasteiger partial charge in [-0.15, -0.1) is 0 Å². The van der Waals surface area contributed by atoms with Gasteiger partial charge in [0.15, 0.2) is 0 Å². The highest BCUT2D eigenvalue weighted by Crippen LogP contribution is 2.25. The van der Waals surface area contributed by atoms with Gasteiger partial charge < -0.3 is 10.1 Å². The third-order valence-electron chi connectivity index (χ3n) is 4.05. The number of hydrogen-bond acceptors (Lipinski definition) is 2. The number of carbonyl (C=O) groups excluding carboxylic acids is 1. The van der Waals surface area contributed by atoms with Crippen molar-refractivity contribution in [1.82, 2.24) is 0 Å². The van der Waals surface area contributed by atoms with Crippen molar-refractivity contribution in [3.8, 4) is 5.75 Å². The number of rotatable bonds is 5. The van der Waals surface area contributed by atoms with E-state index in [0.29, 0.717) is 11.1 Å². The molecule has 0 heterocycles. The van der Waals surface area contributed by atoms with Crippen molar-refractivity contribution in [3.63, 3.8) is 0 Å². The number of nitrogens with one attached hydrogen (secondary N) is 1. The predicted molar refractivity (Wildman–Crippen MR) is 98.4 cm³/mol. The van der Waals surface area contributed by atoms with Gasteiger partial charge in [-0.05, 0) is 67.7 Å². The van der Waals surface area contributed by atoms with Gasteiger partial charge in [-0.1, -0.05) is 29.8 Å². The second-order valence-electron chi connectivity index (χ2n) is 5.89. The van der Waals surface area contributed by atoms with Crippen LogP contribution in [0, 0.1) is 0 Å². The van der Waals surface area contributed by atoms with Crippen molar-refractivity contribution in [3.05, 3.63) is 65.2 Å². The minimum Gasteiger partial charge on any atom is -0.490 e. The fraction of sp³-hybridized carbons (Fsp3) is 0.250. The van der Waals surface area contributed by atoms with Crippen LogP contribution in [0.1, 0.15) is 31.2 Å². The molecule has 0 radical (unpaired) electrons. The molecule has 124 valence electrons. The van der Waals surface area contributed by atoms with Crippen LogP contribution < -0.4 is 10.1 Å². The predicted octanol–water partition coefficient (Wildman–Crippen LogP) is 5.31. The topological polar surface area (TPSA) is 38.3 Å². The van der Waals surface area contributed by atoms with Crippen molar-refractivity contribution in [2.24, 2.45) is 0 Å². The Kier molecular flexibility index (Phi) is 5.55. The largest absolute Gasteiger partial charge is 0.490 e. The Morgan fingerprint density at radius 3 is 2.50 bits per heavy atom. The summed E-state index contributed by atoms with van der Waals surface area (Å²) in [5.41, 5.74) is 1.55. The van der Waals surface area contributed by atoms with Gasteiger partial charge in [0.25, 0.3) is 0 Å². The van der Waals surface area contributed by atoms with Gasteiger partial charge in [0, 0.05) is 16.8 Å². The smallest absolute Gasteiger partial charge is 0.248 e. The lowest BCUT2D eigenvalue weighted by atomic mass is 10.2. The Morgan fingerprint density at radius 1 is 1.08 bits per heavy atom. The second-order valence-corrected chi connectivity index (χ2v) is 6.30. The molecule has 3 rings (SSSR count). The third kappa shape index (κ3) is 4.62. The summed E-state index contributed by atoms with van der Waals surface area (Å²) < 4.78 is 5.91. The molecular weight excluding hydrogens is 322 g/mol. The van der Waals surface area contributed by atoms with Gasteiger partial charge in [0.1, 0.15) is 5.75 Å². The molecule has 1 aliphatic carbocycles. The maximum Gasteiger partial charge on any atom is 0.248 e. The van der Waals surface area contributed by atoms with Crippen LogP contribution in [0.15, 0.2) is 54.6 Å². The van der Waals surface area contributed by atoms with Crippen LogP contribution in [0.4, 0.5) is 5.69 Å². The fourth-order valence-electron chi connectivity index (χ4n) is 2.78. The number of halogens is 1. The minimum atomic E-state index is -0.195. The van der Waals surface area contributed by atoms with Gasteiger partial charge in [-0.2, -0.15) is 0 Å². The van der Waals surface area contributed by atoms with E-state index in [1.165, 1.54) is 18.9 Å². The Morgan fingerprint density at radius 2 is 1.79 bits per heavy atom. The van der Waals surface area contributed by atoms with E-state index in [2.05, 4.69) is 5.32 Å². The van der Waals surface area contributed by atoms with E-state index >= 15 is 0 Å². The number of ether oxygens (including phenoxy) is 1. The van der Waals surface area contributed by atoms with Crippen molar-refractivity contribution in [1.29, 1.82) is 0 Å². The molecule has 0 spiro atoms. The molecule has 2 aromatic rings. The lowest BCUT2D eigenvalue weighted by Gasteiger charge is -2.13. The highest BCUT2D eigenvalue weighted by Gasteiger charge is 2.16. The maximum atomic E-state index is 12.0. The lowest BCUT2D eigenvalue weighted by molar-refractivity contribution is -0.111. The van der Waals surface area contributed by atoms with E-state index < -0.39 is 0 Å². The first-order valence-electron chi connectivity index (χ1n) is 8.21. The highest BCUT2D eigenvalue weighted by atomic mass is 35.5. The molecule has 1 fully saturated rings. The minimum absolute atomic E-state index is 0.195. The van der Waals surface area contributed by atoms with Crippen LogP contribution in [0.5, 0.6) is 5.75 Å². The van der Waals surface area contributed by atoms with Crippen LogP contribution in [0.25, 0.3) is 6.08 Å². The average Bonchev–Trinajstić information content (AvgIpc) is 3.09. The summed E-state index contributed by atoms with van der Waals surface area (Å²) in [6, 6.07) is 14.9. The van der Waals surface area contributed by atoms with E-state index in [-0.39, 0.29) is 5.91 Å². The monoisotopic (exact) mass is 341 g/mol. The first-order valence-corrected chi connectivity index (χ1v) is 8.59. The maximum absolute atomic E-state index is 12.0. The zero-order valence-electron chi connectivity index (χ0n) is 13.4. The van der Waals surface area contributed by atoms with Crippen molar-refractivity contribution in [2.45, 2.75) is 31.8 Å². The summed E-state index contributed by atoms with van der Waals surface area (Å²) in [6.07, 6.45) is 8.27. The second kappa shape index (κ2) is 8.02. The Balaban J connectivity index is 1.55. The number of carbonyl (C=O) groups is 1. The summed E-state index contributed by atoms with van der Waals surface area (Å²) in [5.74, 6) is 0.658. The highest BCUT2D eigenvalue weighted by molar-refractivity contribution is 6.32. The Labute approximate surface area is 147 Å². The summed E-state index contributed by atoms with van der Waals surface area (Å²) in [7, 11) is 0. The fourth-order valence-corrected chi connectivity index (χ4v) is 2.97. The first kappa shape index (κ1) is 16.6. The van der Waals surface area contributed by atoms with Crippen molar-refractivity contribution < 1.29 is 9.53 Å². The standard InChI is InChI=1S/C20H20ClNO2/c21-19-8-4-1-5-15(19)9-14-20(23)22-16-10-12-18(13-11-16)24-17-6-2-3-7-17/h1,4-5,8-14,17H,2-3,6-7H2,(H,22,23)/b14-9+. The normalized spacial score (nSPS) is 14.9. The van der Waals surface area contributed by atoms with Gasteiger partial charge in [-0.25, -0.2) is 0 Å². The van der Waals surface area contributed by atoms with E-state index in [1.54, 1.807) is 12.1 Å². The van der Waals surface area contributed by atoms with Crippen molar-refractivity contribution >= 4 is 29.3 Å². The molecule has 0 bridgehead atoms. The number of benzene rings is 2. The SMILES string of the molecule is O=C(/C=C/c1ccccc1Cl)Nc1ccc(OC2CCCC2)cc1. The molecule has 2 aromatic carbocycles. The number of hydrogen-bond donors (Lipinski definition) is 1. The van der Waals surface area contributed by atoms with E-state index in [4.69, 9.17) is 16.3 Å². The first-order chi connectivity index (χ1) is 11.7. The molecule has 0 atom stereocenters. The lowest BCUT2D eigenvalue weighted by Crippen LogP contribution is -2.11. The third-order valence-corrected chi connectivity index (χ3v) is 4.39. The molecule has 0 unspecified atom stereocenters. The quantitative estimate of drug-likeness (QED) is 0.748. The molecular formula is C20H20ClNO2. The molecule has 1 N–H and O–H groups in total. The van der Waals surface area contributed by atoms with Crippen LogP contribution >= 0.6 is 11.6 Å². The summed E-state index contributed by atoms with van der Waals surface area (Å²) in [6.45, 7) is 0. The molecule has 4 heteroatoms. The summed E-state index contributed by atoms with van der Waals surface area (Å²) in [4.78, 5) is 12.0. The zero-order chi connectivity index (χ0) is 16.8. The van der Waals surface area contributed by atoms with Gasteiger partial charge in [-0.3, -0.25) is 4.79 Å². The molecule has 24 heavy (non-hydrogen) atoms. The van der Waals surface area contributed by atoms with Crippen LogP contribution in [0.3, 0.4) is 0 Å². The zero-order valence-corrected chi connectivity index (χ0v) is 14.1. The molecule has 1 amide bonds. The molecule has 0 aromatic heterocycles.